The lowest BCUT2D eigenvalue weighted by Gasteiger charge is -2.39. The second-order valence-electron chi connectivity index (χ2n) is 20.8. The Bertz CT molecular complexity index is 3280. The van der Waals surface area contributed by atoms with Gasteiger partial charge in [0, 0.05) is 65.9 Å². The first-order valence-electron chi connectivity index (χ1n) is 26.5. The molecule has 0 saturated carbocycles. The number of imide groups is 1. The van der Waals surface area contributed by atoms with Crippen molar-refractivity contribution in [2.45, 2.75) is 121 Å². The molecule has 8 amide bonds. The van der Waals surface area contributed by atoms with Gasteiger partial charge in [-0.1, -0.05) is 43.7 Å². The summed E-state index contributed by atoms with van der Waals surface area (Å²) in [6, 6.07) is 8.88. The molecule has 0 spiro atoms. The molecule has 8 rings (SSSR count). The molecular formula is C56H65FN10O12S. The lowest BCUT2D eigenvalue weighted by atomic mass is 9.81. The highest BCUT2D eigenvalue weighted by molar-refractivity contribution is 8.00. The Kier molecular flexibility index (Phi) is 17.7. The number of amides is 8. The minimum Gasteiger partial charge on any atom is -0.458 e. The van der Waals surface area contributed by atoms with Gasteiger partial charge in [0.05, 0.1) is 66.6 Å². The molecule has 0 fully saturated rings. The first kappa shape index (κ1) is 58.3. The molecule has 5 heterocycles. The summed E-state index contributed by atoms with van der Waals surface area (Å²) in [7, 11) is 1.64. The number of nitrogens with two attached hydrogens (primary N) is 1. The summed E-state index contributed by atoms with van der Waals surface area (Å²) in [5, 5.41) is 24.9. The highest BCUT2D eigenvalue weighted by atomic mass is 32.2. The van der Waals surface area contributed by atoms with Crippen molar-refractivity contribution in [3.63, 3.8) is 0 Å². The number of aromatic nitrogens is 2. The molecule has 0 saturated heterocycles. The number of cyclic esters (lactones) is 1. The van der Waals surface area contributed by atoms with Gasteiger partial charge in [0.1, 0.15) is 18.5 Å². The van der Waals surface area contributed by atoms with Crippen LogP contribution >= 0.6 is 11.8 Å². The van der Waals surface area contributed by atoms with Gasteiger partial charge in [-0.3, -0.25) is 48.1 Å². The van der Waals surface area contributed by atoms with Crippen LogP contribution in [0, 0.1) is 12.7 Å². The summed E-state index contributed by atoms with van der Waals surface area (Å²) in [5.74, 6) is -5.51. The maximum Gasteiger partial charge on any atom is 0.343 e. The van der Waals surface area contributed by atoms with Gasteiger partial charge < -0.3 is 51.6 Å². The number of thioether (sulfide) groups is 1. The van der Waals surface area contributed by atoms with Gasteiger partial charge in [-0.05, 0) is 81.2 Å². The fourth-order valence-electron chi connectivity index (χ4n) is 10.5. The topological polar surface area (TPSA) is 311 Å². The zero-order chi connectivity index (χ0) is 57.8. The van der Waals surface area contributed by atoms with Crippen LogP contribution in [0.2, 0.25) is 0 Å². The number of carbonyl (C=O) groups is 9. The Morgan fingerprint density at radius 1 is 0.912 bits per heavy atom. The molecule has 0 bridgehead atoms. The van der Waals surface area contributed by atoms with Crippen molar-refractivity contribution < 1.29 is 57.4 Å². The van der Waals surface area contributed by atoms with E-state index in [1.807, 2.05) is 0 Å². The van der Waals surface area contributed by atoms with Crippen molar-refractivity contribution in [2.75, 3.05) is 39.1 Å². The Balaban J connectivity index is 0.841. The lowest BCUT2D eigenvalue weighted by molar-refractivity contribution is -0.172. The predicted octanol–water partition coefficient (Wildman–Crippen LogP) is 1.45. The Hall–Kier alpha value is -7.83. The number of hydrogen-bond donors (Lipinski definition) is 7. The number of benzene rings is 2. The highest BCUT2D eigenvalue weighted by Gasteiger charge is 2.47. The van der Waals surface area contributed by atoms with Gasteiger partial charge in [0.25, 0.3) is 17.4 Å². The van der Waals surface area contributed by atoms with Gasteiger partial charge in [-0.15, -0.1) is 11.8 Å². The quantitative estimate of drug-likeness (QED) is 0.0211. The molecule has 2 aromatic carbocycles. The Morgan fingerprint density at radius 2 is 1.59 bits per heavy atom. The van der Waals surface area contributed by atoms with E-state index in [2.05, 4.69) is 26.6 Å². The third-order valence-electron chi connectivity index (χ3n) is 15.3. The third-order valence-corrected chi connectivity index (χ3v) is 16.6. The number of hydrogen-bond acceptors (Lipinski definition) is 15. The third kappa shape index (κ3) is 12.2. The maximum absolute atomic E-state index is 15.6. The Morgan fingerprint density at radius 3 is 2.30 bits per heavy atom. The number of halogens is 1. The summed E-state index contributed by atoms with van der Waals surface area (Å²) in [6.45, 7) is 5.42. The van der Waals surface area contributed by atoms with E-state index in [0.717, 1.165) is 10.5 Å². The van der Waals surface area contributed by atoms with Crippen LogP contribution in [0.3, 0.4) is 0 Å². The van der Waals surface area contributed by atoms with Crippen LogP contribution in [0.15, 0.2) is 59.4 Å². The summed E-state index contributed by atoms with van der Waals surface area (Å²) in [6.07, 6.45) is 4.88. The number of nitrogens with zero attached hydrogens (tertiary/aromatic N) is 4. The Labute approximate surface area is 464 Å². The number of aryl methyl sites for hydroxylation is 1. The smallest absolute Gasteiger partial charge is 0.343 e. The van der Waals surface area contributed by atoms with Crippen molar-refractivity contribution in [3.05, 3.63) is 110 Å². The zero-order valence-electron chi connectivity index (χ0n) is 45.1. The second kappa shape index (κ2) is 24.3. The molecule has 80 heavy (non-hydrogen) atoms. The molecular weight excluding hydrogens is 1060 g/mol. The van der Waals surface area contributed by atoms with Crippen molar-refractivity contribution in [3.8, 4) is 11.4 Å². The maximum atomic E-state index is 15.6. The van der Waals surface area contributed by atoms with Crippen LogP contribution in [-0.4, -0.2) is 134 Å². The molecule has 22 nitrogen and oxygen atoms in total. The molecule has 0 unspecified atom stereocenters. The van der Waals surface area contributed by atoms with Crippen LogP contribution in [0.5, 0.6) is 0 Å². The van der Waals surface area contributed by atoms with Gasteiger partial charge in [-0.2, -0.15) is 0 Å². The fraction of sp³-hybridized carbons (Fsp3) is 0.446. The van der Waals surface area contributed by atoms with Crippen LogP contribution < -0.4 is 37.9 Å². The normalized spacial score (nSPS) is 17.7. The number of esters is 1. The van der Waals surface area contributed by atoms with E-state index in [-0.39, 0.29) is 67.8 Å². The molecule has 3 aliphatic heterocycles. The monoisotopic (exact) mass is 1120 g/mol. The molecule has 1 aliphatic carbocycles. The van der Waals surface area contributed by atoms with Gasteiger partial charge in [0.2, 0.25) is 35.4 Å². The predicted molar refractivity (Wildman–Crippen MR) is 291 cm³/mol. The van der Waals surface area contributed by atoms with Crippen molar-refractivity contribution >= 4 is 75.9 Å². The molecule has 4 atom stereocenters. The molecule has 24 heteroatoms. The fourth-order valence-corrected chi connectivity index (χ4v) is 11.4. The molecule has 424 valence electrons. The number of unbranched alkanes of at least 4 members (excludes halogenated alkanes) is 2. The standard InChI is InChI=1S/C56H65FN10O12S/c1-6-56(78)35-22-40-49-33(27-67(40)52(75)34(35)28-79-54(56)77)48-39(17-16-32-30(2)36(57)23-37(64-49)47(32)48)65(5)53(76)50(58)55(3,4)80-29-62-43(70)25-61-51(74)38(21-31-13-9-7-10-14-31)63-44(71)26-60-42(69)24-59-41(68)15-11-8-12-20-66-45(72)18-19-46(66)73/h7,9-10,13-14,18-19,22-23,38-39,50,78H,6,8,11-12,15-17,20-21,24-29,58H2,1-5H3,(H,59,68)(H,60,69)(H,61,74)(H,62,70)(H,63,71)/t38-,39-,50+,56-/m0/s1. The van der Waals surface area contributed by atoms with Gasteiger partial charge >= 0.3 is 5.97 Å². The van der Waals surface area contributed by atoms with E-state index in [4.69, 9.17) is 15.5 Å². The van der Waals surface area contributed by atoms with Crippen LogP contribution in [-0.2, 0) is 79.5 Å². The van der Waals surface area contributed by atoms with Gasteiger partial charge in [0.15, 0.2) is 5.60 Å². The van der Waals surface area contributed by atoms with Crippen LogP contribution in [0.4, 0.5) is 4.39 Å². The summed E-state index contributed by atoms with van der Waals surface area (Å²) >= 11 is 1.20. The second-order valence-corrected chi connectivity index (χ2v) is 22.5. The summed E-state index contributed by atoms with van der Waals surface area (Å²) in [4.78, 5) is 137. The number of nitrogens with one attached hydrogen (secondary N) is 5. The summed E-state index contributed by atoms with van der Waals surface area (Å²) in [5.41, 5.74) is 8.80. The number of ether oxygens (including phenoxy) is 1. The number of carbonyl (C=O) groups excluding carboxylic acids is 9. The first-order valence-corrected chi connectivity index (χ1v) is 27.5. The molecule has 8 N–H and O–H groups in total. The molecule has 2 aromatic heterocycles. The average Bonchev–Trinajstić information content (AvgIpc) is 4.05. The van der Waals surface area contributed by atoms with E-state index >= 15 is 4.39 Å². The SMILES string of the molecule is CC[C@@]1(O)C(=O)OCc2c1cc1n(c2=O)Cc2c-1nc1cc(F)c(C)c3c1c2[C@@H](N(C)C(=O)[C@@H](N)C(C)(C)SCNC(=O)CNC(=O)[C@H](Cc1ccccc1)NC(=O)CNC(=O)CNC(=O)CCCCCN1C(=O)C=CC1=O)CC3. The van der Waals surface area contributed by atoms with E-state index in [1.54, 1.807) is 76.0 Å². The van der Waals surface area contributed by atoms with E-state index in [1.165, 1.54) is 34.5 Å². The highest BCUT2D eigenvalue weighted by Crippen LogP contribution is 2.47. The van der Waals surface area contributed by atoms with E-state index < -0.39 is 101 Å². The van der Waals surface area contributed by atoms with Crippen molar-refractivity contribution in [1.29, 1.82) is 0 Å². The molecule has 0 radical (unpaired) electrons. The largest absolute Gasteiger partial charge is 0.458 e. The number of pyridine rings is 2. The minimum absolute atomic E-state index is 0.0130. The number of aliphatic hydroxyl groups is 1. The lowest BCUT2D eigenvalue weighted by Crippen LogP contribution is -2.54. The van der Waals surface area contributed by atoms with Crippen molar-refractivity contribution in [1.82, 2.24) is 45.9 Å². The minimum atomic E-state index is -2.06. The van der Waals surface area contributed by atoms with Crippen molar-refractivity contribution in [2.24, 2.45) is 5.73 Å². The van der Waals surface area contributed by atoms with Crippen LogP contribution in [0.1, 0.15) is 104 Å². The molecule has 4 aromatic rings. The van der Waals surface area contributed by atoms with E-state index in [9.17, 15) is 53.1 Å². The zero-order valence-corrected chi connectivity index (χ0v) is 45.9. The van der Waals surface area contributed by atoms with Gasteiger partial charge in [-0.25, -0.2) is 14.2 Å². The number of fused-ring (bicyclic) bond motifs is 5. The van der Waals surface area contributed by atoms with Crippen LogP contribution in [0.25, 0.3) is 22.3 Å². The summed E-state index contributed by atoms with van der Waals surface area (Å²) < 4.78 is 21.3. The first-order chi connectivity index (χ1) is 38.0. The average molecular weight is 1120 g/mol. The molecule has 4 aliphatic rings. The van der Waals surface area contributed by atoms with E-state index in [0.29, 0.717) is 76.6 Å². The number of rotatable bonds is 23. The number of likely N-dealkylation sites (N-methyl/N-ethyl adjacent to an activating group) is 1.